The molecule has 2 aromatic rings. The van der Waals surface area contributed by atoms with Gasteiger partial charge < -0.3 is 25.7 Å². The van der Waals surface area contributed by atoms with Gasteiger partial charge in [0, 0.05) is 6.42 Å². The van der Waals surface area contributed by atoms with E-state index in [0.717, 1.165) is 25.6 Å². The third-order valence-electron chi connectivity index (χ3n) is 3.10. The van der Waals surface area contributed by atoms with Gasteiger partial charge in [-0.25, -0.2) is 0 Å². The highest BCUT2D eigenvalue weighted by Crippen LogP contribution is 2.36. The lowest BCUT2D eigenvalue weighted by molar-refractivity contribution is -0.698. The summed E-state index contributed by atoms with van der Waals surface area (Å²) in [7, 11) is 0. The predicted octanol–water partition coefficient (Wildman–Crippen LogP) is 3.05. The number of quaternary nitrogens is 1. The standard InChI is InChI=1S/C15H13I4NO4/c16-10-4-9(5-11(17)14(10)21)24-15-12(18)2-7(3-13(15)19)1-8(20)6-23-22/h2-5,8,21-22H,1,6,20H2. The van der Waals surface area contributed by atoms with E-state index in [1.807, 2.05) is 12.1 Å². The van der Waals surface area contributed by atoms with Crippen LogP contribution in [0.4, 0.5) is 0 Å². The Morgan fingerprint density at radius 3 is 2.04 bits per heavy atom. The van der Waals surface area contributed by atoms with E-state index in [1.54, 1.807) is 12.1 Å². The summed E-state index contributed by atoms with van der Waals surface area (Å²) in [6.07, 6.45) is 0.670. The van der Waals surface area contributed by atoms with Gasteiger partial charge in [0.1, 0.15) is 17.5 Å². The quantitative estimate of drug-likeness (QED) is 0.269. The van der Waals surface area contributed by atoms with Crippen LogP contribution in [0.1, 0.15) is 5.56 Å². The molecule has 4 N–H and O–H groups in total. The van der Waals surface area contributed by atoms with Crippen molar-refractivity contribution >= 4 is 90.4 Å². The van der Waals surface area contributed by atoms with Crippen molar-refractivity contribution < 1.29 is 25.7 Å². The monoisotopic (exact) mass is 779 g/mol. The second-order valence-corrected chi connectivity index (χ2v) is 9.73. The zero-order valence-corrected chi connectivity index (χ0v) is 20.8. The van der Waals surface area contributed by atoms with Crippen molar-refractivity contribution in [2.75, 3.05) is 6.61 Å². The van der Waals surface area contributed by atoms with Crippen molar-refractivity contribution in [1.82, 2.24) is 0 Å². The van der Waals surface area contributed by atoms with Gasteiger partial charge in [0.25, 0.3) is 0 Å². The number of aromatic hydroxyl groups is 1. The average molecular weight is 779 g/mol. The minimum atomic E-state index is -0.0823. The number of phenolic OH excluding ortho intramolecular Hbond substituents is 1. The molecule has 9 heteroatoms. The zero-order chi connectivity index (χ0) is 17.9. The maximum atomic E-state index is 10.2. The number of phenols is 1. The Balaban J connectivity index is 2.25. The fraction of sp³-hybridized carbons (Fsp3) is 0.200. The fourth-order valence-corrected chi connectivity index (χ4v) is 5.86. The average Bonchev–Trinajstić information content (AvgIpc) is 2.48. The number of hydrogen-bond acceptors (Lipinski definition) is 4. The molecule has 24 heavy (non-hydrogen) atoms. The lowest BCUT2D eigenvalue weighted by Crippen LogP contribution is -2.64. The molecule has 130 valence electrons. The Hall–Kier alpha value is 0.840. The topological polar surface area (TPSA) is 89.4 Å². The van der Waals surface area contributed by atoms with Crippen LogP contribution < -0.4 is 15.7 Å². The van der Waals surface area contributed by atoms with Gasteiger partial charge in [-0.1, -0.05) is 0 Å². The van der Waals surface area contributed by atoms with Gasteiger partial charge in [-0.15, -0.1) is 0 Å². The molecule has 1 atom stereocenters. The molecule has 0 aliphatic carbocycles. The van der Waals surface area contributed by atoms with E-state index in [0.29, 0.717) is 12.2 Å². The SMILES string of the molecule is [NH3+]C(CO[O-])Cc1cc(I)c(Oc2cc(I)c(O)c(I)c2)c(I)c1. The summed E-state index contributed by atoms with van der Waals surface area (Å²) in [6, 6.07) is 7.57. The van der Waals surface area contributed by atoms with Crippen LogP contribution in [0.2, 0.25) is 0 Å². The van der Waals surface area contributed by atoms with Gasteiger partial charge in [0.15, 0.2) is 5.75 Å². The first-order valence-corrected chi connectivity index (χ1v) is 11.0. The van der Waals surface area contributed by atoms with E-state index in [4.69, 9.17) is 4.74 Å². The van der Waals surface area contributed by atoms with Crippen molar-refractivity contribution in [3.8, 4) is 17.2 Å². The molecule has 0 radical (unpaired) electrons. The summed E-state index contributed by atoms with van der Waals surface area (Å²) in [4.78, 5) is 3.91. The molecule has 0 heterocycles. The minimum Gasteiger partial charge on any atom is -0.723 e. The summed E-state index contributed by atoms with van der Waals surface area (Å²) in [6.45, 7) is 0.0930. The molecule has 0 saturated carbocycles. The van der Waals surface area contributed by atoms with Gasteiger partial charge in [-0.05, 0) is 120 Å². The Kier molecular flexibility index (Phi) is 8.53. The molecule has 0 fully saturated rings. The molecule has 0 aliphatic heterocycles. The lowest BCUT2D eigenvalue weighted by Gasteiger charge is -2.15. The molecular formula is C15H13I4NO4. The smallest absolute Gasteiger partial charge is 0.154 e. The Bertz CT molecular complexity index is 695. The van der Waals surface area contributed by atoms with E-state index in [2.05, 4.69) is 101 Å². The van der Waals surface area contributed by atoms with Crippen LogP contribution in [0, 0.1) is 14.3 Å². The fourth-order valence-electron chi connectivity index (χ4n) is 2.04. The number of halogens is 4. The van der Waals surface area contributed by atoms with Crippen LogP contribution >= 0.6 is 90.4 Å². The van der Waals surface area contributed by atoms with Crippen LogP contribution in [0.5, 0.6) is 17.2 Å². The number of hydrogen-bond donors (Lipinski definition) is 2. The largest absolute Gasteiger partial charge is 0.723 e. The highest BCUT2D eigenvalue weighted by Gasteiger charge is 2.15. The van der Waals surface area contributed by atoms with Gasteiger partial charge >= 0.3 is 0 Å². The van der Waals surface area contributed by atoms with Gasteiger partial charge in [0.05, 0.1) is 20.9 Å². The van der Waals surface area contributed by atoms with Gasteiger partial charge in [0.2, 0.25) is 0 Å². The van der Waals surface area contributed by atoms with E-state index >= 15 is 0 Å². The van der Waals surface area contributed by atoms with Gasteiger partial charge in [-0.2, -0.15) is 0 Å². The number of rotatable bonds is 6. The molecule has 1 unspecified atom stereocenters. The summed E-state index contributed by atoms with van der Waals surface area (Å²) in [5, 5.41) is 20.1. The van der Waals surface area contributed by atoms with E-state index < -0.39 is 0 Å². The Morgan fingerprint density at radius 1 is 1.00 bits per heavy atom. The predicted molar refractivity (Wildman–Crippen MR) is 122 cm³/mol. The van der Waals surface area contributed by atoms with Crippen LogP contribution in [0.15, 0.2) is 24.3 Å². The highest BCUT2D eigenvalue weighted by atomic mass is 127. The molecule has 0 bridgehead atoms. The molecule has 0 amide bonds. The van der Waals surface area contributed by atoms with Crippen molar-refractivity contribution in [3.63, 3.8) is 0 Å². The second-order valence-electron chi connectivity index (χ2n) is 5.08. The molecule has 5 nitrogen and oxygen atoms in total. The molecule has 2 rings (SSSR count). The lowest BCUT2D eigenvalue weighted by atomic mass is 10.1. The first kappa shape index (κ1) is 21.1. The minimum absolute atomic E-state index is 0.0823. The van der Waals surface area contributed by atoms with Crippen molar-refractivity contribution in [1.29, 1.82) is 0 Å². The summed E-state index contributed by atoms with van der Waals surface area (Å²) >= 11 is 8.63. The summed E-state index contributed by atoms with van der Waals surface area (Å²) in [5.41, 5.74) is 5.00. The van der Waals surface area contributed by atoms with Crippen LogP contribution in [-0.2, 0) is 11.3 Å². The van der Waals surface area contributed by atoms with E-state index in [9.17, 15) is 10.4 Å². The zero-order valence-electron chi connectivity index (χ0n) is 12.2. The highest BCUT2D eigenvalue weighted by molar-refractivity contribution is 14.1. The molecule has 0 saturated heterocycles. The van der Waals surface area contributed by atoms with Crippen molar-refractivity contribution in [3.05, 3.63) is 44.1 Å². The van der Waals surface area contributed by atoms with Crippen LogP contribution in [-0.4, -0.2) is 17.8 Å². The molecular weight excluding hydrogens is 766 g/mol. The first-order chi connectivity index (χ1) is 11.3. The first-order valence-electron chi connectivity index (χ1n) is 6.73. The number of ether oxygens (including phenoxy) is 1. The number of benzene rings is 2. The van der Waals surface area contributed by atoms with Crippen LogP contribution in [0.25, 0.3) is 0 Å². The molecule has 0 aromatic heterocycles. The van der Waals surface area contributed by atoms with Crippen molar-refractivity contribution in [2.24, 2.45) is 0 Å². The van der Waals surface area contributed by atoms with E-state index in [-0.39, 0.29) is 18.4 Å². The second kappa shape index (κ2) is 9.68. The third-order valence-corrected chi connectivity index (χ3v) is 6.34. The maximum Gasteiger partial charge on any atom is 0.154 e. The van der Waals surface area contributed by atoms with Crippen molar-refractivity contribution in [2.45, 2.75) is 12.5 Å². The maximum absolute atomic E-state index is 10.2. The normalized spacial score (nSPS) is 12.2. The summed E-state index contributed by atoms with van der Waals surface area (Å²) < 4.78 is 9.48. The molecule has 2 aromatic carbocycles. The molecule has 0 aliphatic rings. The summed E-state index contributed by atoms with van der Waals surface area (Å²) in [5.74, 6) is 1.73. The van der Waals surface area contributed by atoms with Crippen LogP contribution in [0.3, 0.4) is 0 Å². The Labute approximate surface area is 194 Å². The van der Waals surface area contributed by atoms with Gasteiger partial charge in [-0.3, -0.25) is 0 Å². The Morgan fingerprint density at radius 2 is 1.54 bits per heavy atom. The van der Waals surface area contributed by atoms with E-state index in [1.165, 1.54) is 0 Å². The molecule has 0 spiro atoms. The third kappa shape index (κ3) is 5.67.